The third-order valence-corrected chi connectivity index (χ3v) is 4.06. The molecule has 1 aliphatic heterocycles. The van der Waals surface area contributed by atoms with E-state index in [1.165, 1.54) is 5.56 Å². The van der Waals surface area contributed by atoms with Crippen molar-refractivity contribution in [1.82, 2.24) is 0 Å². The minimum atomic E-state index is -0.0619. The molecule has 0 saturated carbocycles. The number of amides is 1. The number of ether oxygens (including phenoxy) is 2. The van der Waals surface area contributed by atoms with Crippen LogP contribution < -0.4 is 14.4 Å². The van der Waals surface area contributed by atoms with Crippen molar-refractivity contribution in [2.45, 2.75) is 19.4 Å². The fraction of sp³-hybridized carbons (Fsp3) is 0.278. The van der Waals surface area contributed by atoms with E-state index >= 15 is 0 Å². The third-order valence-electron chi connectivity index (χ3n) is 4.06. The van der Waals surface area contributed by atoms with Crippen molar-refractivity contribution in [1.29, 1.82) is 0 Å². The van der Waals surface area contributed by atoms with Gasteiger partial charge in [-0.3, -0.25) is 4.79 Å². The molecule has 114 valence electrons. The molecule has 0 aliphatic carbocycles. The van der Waals surface area contributed by atoms with Gasteiger partial charge < -0.3 is 14.4 Å². The Hall–Kier alpha value is -2.49. The number of carbonyl (C=O) groups excluding carboxylic acids is 1. The van der Waals surface area contributed by atoms with Crippen LogP contribution in [0.15, 0.2) is 42.5 Å². The number of hydrogen-bond acceptors (Lipinski definition) is 3. The van der Waals surface area contributed by atoms with Gasteiger partial charge in [-0.05, 0) is 37.1 Å². The molecule has 0 unspecified atom stereocenters. The molecule has 22 heavy (non-hydrogen) atoms. The van der Waals surface area contributed by atoms with Gasteiger partial charge >= 0.3 is 0 Å². The summed E-state index contributed by atoms with van der Waals surface area (Å²) in [6.45, 7) is 2.06. The van der Waals surface area contributed by atoms with Crippen LogP contribution in [0.4, 0.5) is 5.69 Å². The molecule has 1 amide bonds. The topological polar surface area (TPSA) is 38.8 Å². The number of fused-ring (bicyclic) bond motifs is 1. The quantitative estimate of drug-likeness (QED) is 0.872. The van der Waals surface area contributed by atoms with Crippen molar-refractivity contribution < 1.29 is 14.3 Å². The molecule has 4 heteroatoms. The molecule has 0 aromatic heterocycles. The number of hydrogen-bond donors (Lipinski definition) is 0. The summed E-state index contributed by atoms with van der Waals surface area (Å²) in [4.78, 5) is 14.9. The average molecular weight is 297 g/mol. The van der Waals surface area contributed by atoms with Crippen molar-refractivity contribution in [3.63, 3.8) is 0 Å². The van der Waals surface area contributed by atoms with Gasteiger partial charge in [0.05, 0.1) is 19.8 Å². The molecule has 0 spiro atoms. The predicted octanol–water partition coefficient (Wildman–Crippen LogP) is 3.30. The first kappa shape index (κ1) is 14.4. The second kappa shape index (κ2) is 5.72. The molecule has 3 rings (SSSR count). The summed E-state index contributed by atoms with van der Waals surface area (Å²) in [7, 11) is 3.12. The van der Waals surface area contributed by atoms with Crippen LogP contribution in [0.3, 0.4) is 0 Å². The summed E-state index contributed by atoms with van der Waals surface area (Å²) in [5, 5.41) is 0. The number of nitrogens with zero attached hydrogens (tertiary/aromatic N) is 1. The zero-order chi connectivity index (χ0) is 15.7. The Morgan fingerprint density at radius 1 is 1.09 bits per heavy atom. The van der Waals surface area contributed by atoms with Crippen molar-refractivity contribution in [3.8, 4) is 11.5 Å². The van der Waals surface area contributed by atoms with Crippen LogP contribution in [0, 0.1) is 0 Å². The van der Waals surface area contributed by atoms with Gasteiger partial charge in [0, 0.05) is 11.7 Å². The van der Waals surface area contributed by atoms with Crippen molar-refractivity contribution in [3.05, 3.63) is 53.6 Å². The van der Waals surface area contributed by atoms with Gasteiger partial charge in [0.1, 0.15) is 0 Å². The van der Waals surface area contributed by atoms with E-state index in [1.807, 2.05) is 23.1 Å². The first-order valence-electron chi connectivity index (χ1n) is 7.29. The van der Waals surface area contributed by atoms with E-state index in [0.29, 0.717) is 17.1 Å². The lowest BCUT2D eigenvalue weighted by Crippen LogP contribution is -2.35. The van der Waals surface area contributed by atoms with Crippen molar-refractivity contribution >= 4 is 11.6 Å². The highest BCUT2D eigenvalue weighted by Gasteiger charge is 2.33. The van der Waals surface area contributed by atoms with Gasteiger partial charge in [-0.25, -0.2) is 0 Å². The Morgan fingerprint density at radius 3 is 2.59 bits per heavy atom. The SMILES string of the molecule is COc1cccc(C(=O)N2c3ccccc3C[C@@H]2C)c1OC. The van der Waals surface area contributed by atoms with E-state index in [4.69, 9.17) is 9.47 Å². The van der Waals surface area contributed by atoms with Gasteiger partial charge in [0.15, 0.2) is 11.5 Å². The molecule has 0 N–H and O–H groups in total. The van der Waals surface area contributed by atoms with E-state index in [2.05, 4.69) is 13.0 Å². The van der Waals surface area contributed by atoms with Gasteiger partial charge in [0.2, 0.25) is 0 Å². The molecule has 0 bridgehead atoms. The monoisotopic (exact) mass is 297 g/mol. The molecule has 4 nitrogen and oxygen atoms in total. The number of methoxy groups -OCH3 is 2. The Bertz CT molecular complexity index is 711. The zero-order valence-corrected chi connectivity index (χ0v) is 13.0. The van der Waals surface area contributed by atoms with Gasteiger partial charge in [-0.15, -0.1) is 0 Å². The maximum absolute atomic E-state index is 13.1. The summed E-state index contributed by atoms with van der Waals surface area (Å²) >= 11 is 0. The fourth-order valence-electron chi connectivity index (χ4n) is 3.06. The second-order valence-electron chi connectivity index (χ2n) is 5.40. The van der Waals surface area contributed by atoms with Crippen LogP contribution >= 0.6 is 0 Å². The Kier molecular flexibility index (Phi) is 3.75. The number of rotatable bonds is 3. The zero-order valence-electron chi connectivity index (χ0n) is 13.0. The van der Waals surface area contributed by atoms with E-state index in [-0.39, 0.29) is 11.9 Å². The van der Waals surface area contributed by atoms with Gasteiger partial charge in [0.25, 0.3) is 5.91 Å². The average Bonchev–Trinajstić information content (AvgIpc) is 2.89. The highest BCUT2D eigenvalue weighted by molar-refractivity contribution is 6.09. The summed E-state index contributed by atoms with van der Waals surface area (Å²) in [6.07, 6.45) is 0.869. The molecule has 0 radical (unpaired) electrons. The maximum Gasteiger partial charge on any atom is 0.262 e. The number of anilines is 1. The smallest absolute Gasteiger partial charge is 0.262 e. The molecule has 0 fully saturated rings. The molecule has 1 aliphatic rings. The highest BCUT2D eigenvalue weighted by atomic mass is 16.5. The highest BCUT2D eigenvalue weighted by Crippen LogP contribution is 2.37. The van der Waals surface area contributed by atoms with Gasteiger partial charge in [-0.2, -0.15) is 0 Å². The lowest BCUT2D eigenvalue weighted by atomic mass is 10.1. The minimum Gasteiger partial charge on any atom is -0.493 e. The van der Waals surface area contributed by atoms with E-state index in [1.54, 1.807) is 32.4 Å². The van der Waals surface area contributed by atoms with Crippen LogP contribution in [0.1, 0.15) is 22.8 Å². The molecular formula is C18H19NO3. The molecule has 0 saturated heterocycles. The lowest BCUT2D eigenvalue weighted by molar-refractivity contribution is 0.0978. The largest absolute Gasteiger partial charge is 0.493 e. The van der Waals surface area contributed by atoms with Crippen LogP contribution in [0.5, 0.6) is 11.5 Å². The minimum absolute atomic E-state index is 0.0619. The van der Waals surface area contributed by atoms with Crippen molar-refractivity contribution in [2.24, 2.45) is 0 Å². The normalized spacial score (nSPS) is 16.3. The molecule has 2 aromatic rings. The van der Waals surface area contributed by atoms with E-state index in [0.717, 1.165) is 12.1 Å². The summed E-state index contributed by atoms with van der Waals surface area (Å²) < 4.78 is 10.7. The van der Waals surface area contributed by atoms with E-state index in [9.17, 15) is 4.79 Å². The van der Waals surface area contributed by atoms with Crippen LogP contribution in [-0.4, -0.2) is 26.2 Å². The first-order chi connectivity index (χ1) is 10.7. The van der Waals surface area contributed by atoms with Crippen LogP contribution in [-0.2, 0) is 6.42 Å². The second-order valence-corrected chi connectivity index (χ2v) is 5.40. The Labute approximate surface area is 130 Å². The fourth-order valence-corrected chi connectivity index (χ4v) is 3.06. The van der Waals surface area contributed by atoms with Gasteiger partial charge in [-0.1, -0.05) is 24.3 Å². The van der Waals surface area contributed by atoms with Crippen LogP contribution in [0.25, 0.3) is 0 Å². The Morgan fingerprint density at radius 2 is 1.86 bits per heavy atom. The molecular weight excluding hydrogens is 278 g/mol. The van der Waals surface area contributed by atoms with Crippen LogP contribution in [0.2, 0.25) is 0 Å². The van der Waals surface area contributed by atoms with Crippen molar-refractivity contribution in [2.75, 3.05) is 19.1 Å². The molecule has 1 heterocycles. The Balaban J connectivity index is 2.05. The summed E-state index contributed by atoms with van der Waals surface area (Å²) in [6, 6.07) is 13.5. The number of benzene rings is 2. The first-order valence-corrected chi connectivity index (χ1v) is 7.29. The van der Waals surface area contributed by atoms with E-state index < -0.39 is 0 Å². The molecule has 1 atom stereocenters. The standard InChI is InChI=1S/C18H19NO3/c1-12-11-13-7-4-5-9-15(13)19(12)18(20)14-8-6-10-16(21-2)17(14)22-3/h4-10,12H,11H2,1-3H3/t12-/m0/s1. The lowest BCUT2D eigenvalue weighted by Gasteiger charge is -2.24. The maximum atomic E-state index is 13.1. The summed E-state index contributed by atoms with van der Waals surface area (Å²) in [5.74, 6) is 0.980. The number of para-hydroxylation sites is 2. The third kappa shape index (κ3) is 2.21. The number of carbonyl (C=O) groups is 1. The predicted molar refractivity (Wildman–Crippen MR) is 86.0 cm³/mol. The summed E-state index contributed by atoms with van der Waals surface area (Å²) in [5.41, 5.74) is 2.69. The molecule has 2 aromatic carbocycles.